The van der Waals surface area contributed by atoms with Gasteiger partial charge in [-0.2, -0.15) is 0 Å². The zero-order valence-corrected chi connectivity index (χ0v) is 13.5. The predicted molar refractivity (Wildman–Crippen MR) is 91.1 cm³/mol. The molecule has 1 aromatic heterocycles. The minimum absolute atomic E-state index is 0.0392. The summed E-state index contributed by atoms with van der Waals surface area (Å²) in [5.41, 5.74) is 0.905. The highest BCUT2D eigenvalue weighted by atomic mass is 35.5. The molecule has 25 heavy (non-hydrogen) atoms. The standard InChI is InChI=1S/C16H11ClN4O4/c17-15-11-3-2-10(21(22)23)6-12(11)16(20-19-15)18-7-9-1-4-13-14(5-9)25-8-24-13/h1-6H,7-8H2,(H,18,20). The number of hydrogen-bond donors (Lipinski definition) is 1. The van der Waals surface area contributed by atoms with Crippen LogP contribution in [0.4, 0.5) is 11.5 Å². The average molecular weight is 359 g/mol. The summed E-state index contributed by atoms with van der Waals surface area (Å²) in [7, 11) is 0. The molecule has 1 aliphatic heterocycles. The Hall–Kier alpha value is -3.13. The third-order valence-electron chi connectivity index (χ3n) is 3.83. The van der Waals surface area contributed by atoms with Crippen LogP contribution in [0, 0.1) is 10.1 Å². The van der Waals surface area contributed by atoms with Gasteiger partial charge < -0.3 is 14.8 Å². The van der Waals surface area contributed by atoms with E-state index in [1.54, 1.807) is 6.07 Å². The molecule has 0 aliphatic carbocycles. The van der Waals surface area contributed by atoms with Crippen molar-refractivity contribution in [2.24, 2.45) is 0 Å². The summed E-state index contributed by atoms with van der Waals surface area (Å²) in [6, 6.07) is 9.97. The molecule has 0 atom stereocenters. The molecule has 0 radical (unpaired) electrons. The van der Waals surface area contributed by atoms with Gasteiger partial charge in [-0.1, -0.05) is 17.7 Å². The van der Waals surface area contributed by atoms with E-state index in [-0.39, 0.29) is 17.6 Å². The van der Waals surface area contributed by atoms with Crippen LogP contribution in [0.25, 0.3) is 10.8 Å². The van der Waals surface area contributed by atoms with Gasteiger partial charge in [0.25, 0.3) is 5.69 Å². The maximum Gasteiger partial charge on any atom is 0.270 e. The second kappa shape index (κ2) is 6.06. The van der Waals surface area contributed by atoms with Gasteiger partial charge in [0.05, 0.1) is 4.92 Å². The number of benzene rings is 2. The molecule has 2 heterocycles. The van der Waals surface area contributed by atoms with Gasteiger partial charge in [0, 0.05) is 29.4 Å². The highest BCUT2D eigenvalue weighted by molar-refractivity contribution is 6.34. The van der Waals surface area contributed by atoms with Gasteiger partial charge in [0.2, 0.25) is 6.79 Å². The van der Waals surface area contributed by atoms with E-state index in [1.807, 2.05) is 18.2 Å². The minimum Gasteiger partial charge on any atom is -0.454 e. The lowest BCUT2D eigenvalue weighted by Crippen LogP contribution is -2.04. The number of non-ortho nitro benzene ring substituents is 1. The van der Waals surface area contributed by atoms with Gasteiger partial charge >= 0.3 is 0 Å². The molecule has 0 fully saturated rings. The monoisotopic (exact) mass is 358 g/mol. The van der Waals surface area contributed by atoms with Gasteiger partial charge in [-0.25, -0.2) is 0 Å². The Labute approximate surface area is 146 Å². The molecule has 4 rings (SSSR count). The molecule has 0 saturated carbocycles. The predicted octanol–water partition coefficient (Wildman–Crippen LogP) is 3.53. The number of nitrogens with one attached hydrogen (secondary N) is 1. The summed E-state index contributed by atoms with van der Waals surface area (Å²) in [5.74, 6) is 1.80. The number of rotatable bonds is 4. The Morgan fingerprint density at radius 1 is 1.12 bits per heavy atom. The van der Waals surface area contributed by atoms with E-state index in [0.717, 1.165) is 5.56 Å². The van der Waals surface area contributed by atoms with Crippen LogP contribution < -0.4 is 14.8 Å². The number of hydrogen-bond acceptors (Lipinski definition) is 7. The molecule has 9 heteroatoms. The first-order chi connectivity index (χ1) is 12.1. The Bertz CT molecular complexity index is 995. The van der Waals surface area contributed by atoms with Crippen LogP contribution in [0.2, 0.25) is 5.15 Å². The maximum absolute atomic E-state index is 11.0. The lowest BCUT2D eigenvalue weighted by molar-refractivity contribution is -0.384. The lowest BCUT2D eigenvalue weighted by Gasteiger charge is -2.09. The summed E-state index contributed by atoms with van der Waals surface area (Å²) in [6.07, 6.45) is 0. The zero-order chi connectivity index (χ0) is 17.4. The lowest BCUT2D eigenvalue weighted by atomic mass is 10.1. The Balaban J connectivity index is 1.65. The van der Waals surface area contributed by atoms with Crippen molar-refractivity contribution in [1.29, 1.82) is 0 Å². The van der Waals surface area contributed by atoms with Gasteiger partial charge in [-0.15, -0.1) is 10.2 Å². The number of fused-ring (bicyclic) bond motifs is 2. The van der Waals surface area contributed by atoms with E-state index in [4.69, 9.17) is 21.1 Å². The molecule has 8 nitrogen and oxygen atoms in total. The van der Waals surface area contributed by atoms with E-state index in [9.17, 15) is 10.1 Å². The van der Waals surface area contributed by atoms with Crippen LogP contribution in [-0.2, 0) is 6.54 Å². The van der Waals surface area contributed by atoms with Gasteiger partial charge in [0.1, 0.15) is 0 Å². The van der Waals surface area contributed by atoms with Crippen LogP contribution >= 0.6 is 11.6 Å². The molecular formula is C16H11ClN4O4. The maximum atomic E-state index is 11.0. The van der Waals surface area contributed by atoms with Crippen molar-refractivity contribution in [3.8, 4) is 11.5 Å². The molecule has 126 valence electrons. The molecule has 0 unspecified atom stereocenters. The van der Waals surface area contributed by atoms with Gasteiger partial charge in [0.15, 0.2) is 22.5 Å². The van der Waals surface area contributed by atoms with Crippen molar-refractivity contribution in [3.63, 3.8) is 0 Å². The van der Waals surface area contributed by atoms with Crippen LogP contribution in [0.15, 0.2) is 36.4 Å². The first-order valence-corrected chi connectivity index (χ1v) is 7.72. The Kier molecular flexibility index (Phi) is 3.73. The Morgan fingerprint density at radius 3 is 2.80 bits per heavy atom. The molecule has 0 amide bonds. The highest BCUT2D eigenvalue weighted by Crippen LogP contribution is 2.33. The summed E-state index contributed by atoms with van der Waals surface area (Å²) < 4.78 is 10.6. The van der Waals surface area contributed by atoms with E-state index >= 15 is 0 Å². The van der Waals surface area contributed by atoms with E-state index < -0.39 is 4.92 Å². The topological polar surface area (TPSA) is 99.4 Å². The summed E-state index contributed by atoms with van der Waals surface area (Å²) in [6.45, 7) is 0.647. The largest absolute Gasteiger partial charge is 0.454 e. The van der Waals surface area contributed by atoms with Crippen LogP contribution in [0.5, 0.6) is 11.5 Å². The van der Waals surface area contributed by atoms with Crippen LogP contribution in [0.1, 0.15) is 5.56 Å². The first kappa shape index (κ1) is 15.4. The molecule has 2 aromatic carbocycles. The van der Waals surface area contributed by atoms with Crippen molar-refractivity contribution >= 4 is 33.9 Å². The number of nitro benzene ring substituents is 1. The highest BCUT2D eigenvalue weighted by Gasteiger charge is 2.15. The van der Waals surface area contributed by atoms with Crippen LogP contribution in [0.3, 0.4) is 0 Å². The quantitative estimate of drug-likeness (QED) is 0.562. The van der Waals surface area contributed by atoms with Gasteiger partial charge in [-0.3, -0.25) is 10.1 Å². The van der Waals surface area contributed by atoms with Gasteiger partial charge in [-0.05, 0) is 23.8 Å². The first-order valence-electron chi connectivity index (χ1n) is 7.34. The van der Waals surface area contributed by atoms with E-state index in [2.05, 4.69) is 15.5 Å². The van der Waals surface area contributed by atoms with E-state index in [0.29, 0.717) is 34.6 Å². The van der Waals surface area contributed by atoms with E-state index in [1.165, 1.54) is 12.1 Å². The number of ether oxygens (including phenoxy) is 2. The van der Waals surface area contributed by atoms with Crippen LogP contribution in [-0.4, -0.2) is 21.9 Å². The fourth-order valence-electron chi connectivity index (χ4n) is 2.59. The second-order valence-electron chi connectivity index (χ2n) is 5.37. The SMILES string of the molecule is O=[N+]([O-])c1ccc2c(Cl)nnc(NCc3ccc4c(c3)OCO4)c2c1. The Morgan fingerprint density at radius 2 is 1.96 bits per heavy atom. The number of halogens is 1. The van der Waals surface area contributed by atoms with Crippen molar-refractivity contribution < 1.29 is 14.4 Å². The molecule has 0 bridgehead atoms. The average Bonchev–Trinajstić information content (AvgIpc) is 3.08. The number of anilines is 1. The summed E-state index contributed by atoms with van der Waals surface area (Å²) >= 11 is 6.04. The third kappa shape index (κ3) is 2.87. The fraction of sp³-hybridized carbons (Fsp3) is 0.125. The fourth-order valence-corrected chi connectivity index (χ4v) is 2.79. The third-order valence-corrected chi connectivity index (χ3v) is 4.11. The number of aromatic nitrogens is 2. The number of nitrogens with zero attached hydrogens (tertiary/aromatic N) is 3. The van der Waals surface area contributed by atoms with Crippen molar-refractivity contribution in [2.75, 3.05) is 12.1 Å². The second-order valence-corrected chi connectivity index (χ2v) is 5.73. The molecule has 0 spiro atoms. The normalized spacial score (nSPS) is 12.4. The molecule has 3 aromatic rings. The smallest absolute Gasteiger partial charge is 0.270 e. The number of nitro groups is 1. The summed E-state index contributed by atoms with van der Waals surface area (Å²) in [4.78, 5) is 10.6. The minimum atomic E-state index is -0.463. The summed E-state index contributed by atoms with van der Waals surface area (Å²) in [5, 5.41) is 23.4. The molecular weight excluding hydrogens is 348 g/mol. The molecule has 1 N–H and O–H groups in total. The van der Waals surface area contributed by atoms with Crippen molar-refractivity contribution in [1.82, 2.24) is 10.2 Å². The molecule has 1 aliphatic rings. The zero-order valence-electron chi connectivity index (χ0n) is 12.7. The van der Waals surface area contributed by atoms with Crippen molar-refractivity contribution in [3.05, 3.63) is 57.2 Å². The molecule has 0 saturated heterocycles. The van der Waals surface area contributed by atoms with Crippen molar-refractivity contribution in [2.45, 2.75) is 6.54 Å².